The number of benzene rings is 2. The van der Waals surface area contributed by atoms with Gasteiger partial charge in [0.25, 0.3) is 5.91 Å². The number of ether oxygens (including phenoxy) is 2. The molecule has 0 radical (unpaired) electrons. The molecular formula is C19H17N3O5S2. The summed E-state index contributed by atoms with van der Waals surface area (Å²) in [4.78, 5) is 17.3. The normalized spacial score (nSPS) is 16.4. The van der Waals surface area contributed by atoms with E-state index in [4.69, 9.17) is 9.47 Å². The summed E-state index contributed by atoms with van der Waals surface area (Å²) in [6, 6.07) is 9.96. The fourth-order valence-corrected chi connectivity index (χ4v) is 5.99. The highest BCUT2D eigenvalue weighted by molar-refractivity contribution is 7.89. The smallest absolute Gasteiger partial charge is 0.261 e. The first-order valence-electron chi connectivity index (χ1n) is 9.13. The Morgan fingerprint density at radius 3 is 2.79 bits per heavy atom. The molecule has 3 heterocycles. The standard InChI is InChI=1S/C19H17N3O5S2/c23-18(13-4-3-5-15-17(13)27-11-26-15)21-19-20-14-7-6-12(10-16(14)28-19)29(24,25)22-8-1-2-9-22/h3-7,10H,1-2,8-9,11H2,(H,20,21,23). The number of thiazole rings is 1. The molecule has 3 aromatic rings. The van der Waals surface area contributed by atoms with Crippen LogP contribution in [0, 0.1) is 0 Å². The van der Waals surface area contributed by atoms with Gasteiger partial charge in [0.2, 0.25) is 16.8 Å². The van der Waals surface area contributed by atoms with Gasteiger partial charge in [0.1, 0.15) is 0 Å². The first-order chi connectivity index (χ1) is 14.0. The number of para-hydroxylation sites is 1. The van der Waals surface area contributed by atoms with E-state index in [1.54, 1.807) is 36.4 Å². The molecule has 1 fully saturated rings. The van der Waals surface area contributed by atoms with E-state index in [2.05, 4.69) is 10.3 Å². The molecule has 1 saturated heterocycles. The average Bonchev–Trinajstić information content (AvgIpc) is 3.46. The monoisotopic (exact) mass is 431 g/mol. The van der Waals surface area contributed by atoms with E-state index in [-0.39, 0.29) is 17.6 Å². The Labute approximate surface area is 171 Å². The second kappa shape index (κ2) is 6.97. The summed E-state index contributed by atoms with van der Waals surface area (Å²) < 4.78 is 38.4. The molecule has 2 aromatic carbocycles. The van der Waals surface area contributed by atoms with Crippen molar-refractivity contribution < 1.29 is 22.7 Å². The third-order valence-corrected chi connectivity index (χ3v) is 7.75. The summed E-state index contributed by atoms with van der Waals surface area (Å²) in [5, 5.41) is 3.15. The Hall–Kier alpha value is -2.69. The first-order valence-corrected chi connectivity index (χ1v) is 11.4. The maximum Gasteiger partial charge on any atom is 0.261 e. The van der Waals surface area contributed by atoms with Crippen molar-refractivity contribution >= 4 is 42.6 Å². The van der Waals surface area contributed by atoms with Gasteiger partial charge in [0, 0.05) is 13.1 Å². The lowest BCUT2D eigenvalue weighted by Gasteiger charge is -2.15. The lowest BCUT2D eigenvalue weighted by atomic mass is 10.2. The van der Waals surface area contributed by atoms with Gasteiger partial charge in [-0.3, -0.25) is 10.1 Å². The highest BCUT2D eigenvalue weighted by Crippen LogP contribution is 2.36. The zero-order valence-electron chi connectivity index (χ0n) is 15.3. The van der Waals surface area contributed by atoms with Crippen LogP contribution >= 0.6 is 11.3 Å². The molecule has 0 bridgehead atoms. The molecule has 0 aliphatic carbocycles. The molecule has 29 heavy (non-hydrogen) atoms. The Kier molecular flexibility index (Phi) is 4.41. The van der Waals surface area contributed by atoms with Gasteiger partial charge in [0.15, 0.2) is 16.6 Å². The lowest BCUT2D eigenvalue weighted by molar-refractivity contribution is 0.102. The van der Waals surface area contributed by atoms with Crippen LogP contribution in [0.25, 0.3) is 10.2 Å². The van der Waals surface area contributed by atoms with Gasteiger partial charge in [-0.2, -0.15) is 4.31 Å². The minimum atomic E-state index is -3.50. The number of sulfonamides is 1. The molecule has 0 saturated carbocycles. The van der Waals surface area contributed by atoms with Crippen molar-refractivity contribution in [3.8, 4) is 11.5 Å². The number of rotatable bonds is 4. The number of aromatic nitrogens is 1. The van der Waals surface area contributed by atoms with E-state index in [9.17, 15) is 13.2 Å². The van der Waals surface area contributed by atoms with Gasteiger partial charge < -0.3 is 9.47 Å². The molecule has 2 aliphatic heterocycles. The van der Waals surface area contributed by atoms with Crippen molar-refractivity contribution in [2.75, 3.05) is 25.2 Å². The summed E-state index contributed by atoms with van der Waals surface area (Å²) in [6.07, 6.45) is 1.77. The second-order valence-electron chi connectivity index (χ2n) is 6.75. The van der Waals surface area contributed by atoms with Crippen molar-refractivity contribution in [1.29, 1.82) is 0 Å². The molecule has 1 aromatic heterocycles. The van der Waals surface area contributed by atoms with Crippen LogP contribution in [0.1, 0.15) is 23.2 Å². The molecule has 0 atom stereocenters. The second-order valence-corrected chi connectivity index (χ2v) is 9.72. The zero-order valence-corrected chi connectivity index (χ0v) is 16.9. The van der Waals surface area contributed by atoms with Gasteiger partial charge in [-0.1, -0.05) is 17.4 Å². The van der Waals surface area contributed by atoms with Crippen molar-refractivity contribution in [2.24, 2.45) is 0 Å². The summed E-state index contributed by atoms with van der Waals surface area (Å²) >= 11 is 1.23. The molecule has 1 N–H and O–H groups in total. The van der Waals surface area contributed by atoms with Gasteiger partial charge in [0.05, 0.1) is 20.7 Å². The molecular weight excluding hydrogens is 414 g/mol. The number of nitrogens with zero attached hydrogens (tertiary/aromatic N) is 2. The van der Waals surface area contributed by atoms with Gasteiger partial charge >= 0.3 is 0 Å². The lowest BCUT2D eigenvalue weighted by Crippen LogP contribution is -2.27. The minimum absolute atomic E-state index is 0.0784. The van der Waals surface area contributed by atoms with E-state index in [1.807, 2.05) is 0 Å². The fourth-order valence-electron chi connectivity index (χ4n) is 3.47. The number of hydrogen-bond donors (Lipinski definition) is 1. The Morgan fingerprint density at radius 2 is 1.97 bits per heavy atom. The predicted octanol–water partition coefficient (Wildman–Crippen LogP) is 3.06. The Morgan fingerprint density at radius 1 is 1.14 bits per heavy atom. The van der Waals surface area contributed by atoms with Gasteiger partial charge in [-0.25, -0.2) is 13.4 Å². The maximum atomic E-state index is 12.8. The SMILES string of the molecule is O=C(Nc1nc2ccc(S(=O)(=O)N3CCCC3)cc2s1)c1cccc2c1OCO2. The van der Waals surface area contributed by atoms with Crippen molar-refractivity contribution in [2.45, 2.75) is 17.7 Å². The van der Waals surface area contributed by atoms with Crippen molar-refractivity contribution in [3.63, 3.8) is 0 Å². The van der Waals surface area contributed by atoms with E-state index in [0.717, 1.165) is 12.8 Å². The van der Waals surface area contributed by atoms with Crippen LogP contribution in [0.3, 0.4) is 0 Å². The number of fused-ring (bicyclic) bond motifs is 2. The third kappa shape index (κ3) is 3.22. The van der Waals surface area contributed by atoms with Crippen LogP contribution in [-0.4, -0.2) is 43.5 Å². The predicted molar refractivity (Wildman–Crippen MR) is 108 cm³/mol. The molecule has 150 valence electrons. The summed E-state index contributed by atoms with van der Waals surface area (Å²) in [7, 11) is -3.50. The molecule has 8 nitrogen and oxygen atoms in total. The summed E-state index contributed by atoms with van der Waals surface area (Å²) in [6.45, 7) is 1.18. The van der Waals surface area contributed by atoms with Crippen LogP contribution in [0.4, 0.5) is 5.13 Å². The molecule has 1 amide bonds. The highest BCUT2D eigenvalue weighted by Gasteiger charge is 2.28. The number of amides is 1. The van der Waals surface area contributed by atoms with Crippen LogP contribution in [0.5, 0.6) is 11.5 Å². The summed E-state index contributed by atoms with van der Waals surface area (Å²) in [5.74, 6) is 0.570. The Balaban J connectivity index is 1.42. The molecule has 0 spiro atoms. The minimum Gasteiger partial charge on any atom is -0.454 e. The van der Waals surface area contributed by atoms with E-state index >= 15 is 0 Å². The van der Waals surface area contributed by atoms with E-state index in [1.165, 1.54) is 15.6 Å². The quantitative estimate of drug-likeness (QED) is 0.682. The molecule has 2 aliphatic rings. The van der Waals surface area contributed by atoms with Gasteiger partial charge in [-0.05, 0) is 43.2 Å². The van der Waals surface area contributed by atoms with E-state index < -0.39 is 10.0 Å². The van der Waals surface area contributed by atoms with Crippen LogP contribution < -0.4 is 14.8 Å². The average molecular weight is 431 g/mol. The largest absolute Gasteiger partial charge is 0.454 e. The first kappa shape index (κ1) is 18.3. The Bertz CT molecular complexity index is 1220. The number of hydrogen-bond acceptors (Lipinski definition) is 7. The third-order valence-electron chi connectivity index (χ3n) is 4.92. The summed E-state index contributed by atoms with van der Waals surface area (Å²) in [5.41, 5.74) is 0.986. The number of anilines is 1. The molecule has 0 unspecified atom stereocenters. The zero-order chi connectivity index (χ0) is 20.0. The van der Waals surface area contributed by atoms with Crippen LogP contribution in [0.2, 0.25) is 0 Å². The molecule has 5 rings (SSSR count). The van der Waals surface area contributed by atoms with E-state index in [0.29, 0.717) is 45.5 Å². The van der Waals surface area contributed by atoms with Crippen molar-refractivity contribution in [3.05, 3.63) is 42.0 Å². The van der Waals surface area contributed by atoms with Crippen molar-refractivity contribution in [1.82, 2.24) is 9.29 Å². The number of carbonyl (C=O) groups is 1. The highest BCUT2D eigenvalue weighted by atomic mass is 32.2. The van der Waals surface area contributed by atoms with Crippen LogP contribution in [-0.2, 0) is 10.0 Å². The fraction of sp³-hybridized carbons (Fsp3) is 0.263. The maximum absolute atomic E-state index is 12.8. The topological polar surface area (TPSA) is 97.8 Å². The molecule has 10 heteroatoms. The number of carbonyl (C=O) groups excluding carboxylic acids is 1. The number of nitrogens with one attached hydrogen (secondary N) is 1. The van der Waals surface area contributed by atoms with Gasteiger partial charge in [-0.15, -0.1) is 0 Å². The van der Waals surface area contributed by atoms with Crippen LogP contribution in [0.15, 0.2) is 41.3 Å².